The number of ether oxygens (including phenoxy) is 1. The molecule has 0 saturated heterocycles. The molecule has 0 saturated carbocycles. The highest BCUT2D eigenvalue weighted by Gasteiger charge is 2.21. The summed E-state index contributed by atoms with van der Waals surface area (Å²) in [4.78, 5) is 13.4. The van der Waals surface area contributed by atoms with Gasteiger partial charge in [-0.3, -0.25) is 4.79 Å². The van der Waals surface area contributed by atoms with Gasteiger partial charge in [-0.15, -0.1) is 0 Å². The van der Waals surface area contributed by atoms with E-state index in [2.05, 4.69) is 45.2 Å². The Morgan fingerprint density at radius 3 is 1.79 bits per heavy atom. The second-order valence-electron chi connectivity index (χ2n) is 9.26. The number of hydrogen-bond acceptors (Lipinski definition) is 2. The molecule has 0 unspecified atom stereocenters. The number of quaternary nitrogens is 1. The number of ketones is 1. The van der Waals surface area contributed by atoms with E-state index >= 15 is 0 Å². The first-order valence-corrected chi connectivity index (χ1v) is 12.1. The second-order valence-corrected chi connectivity index (χ2v) is 9.26. The molecule has 174 valence electrons. The van der Waals surface area contributed by atoms with Crippen molar-refractivity contribution < 1.29 is 14.0 Å². The zero-order chi connectivity index (χ0) is 23.8. The van der Waals surface area contributed by atoms with Crippen LogP contribution in [0.2, 0.25) is 0 Å². The van der Waals surface area contributed by atoms with Gasteiger partial charge in [-0.25, -0.2) is 0 Å². The number of rotatable bonds is 11. The predicted molar refractivity (Wildman–Crippen MR) is 137 cm³/mol. The smallest absolute Gasteiger partial charge is 0.163 e. The monoisotopic (exact) mass is 444 g/mol. The minimum absolute atomic E-state index is 0.0370. The number of benzene rings is 3. The van der Waals surface area contributed by atoms with Crippen molar-refractivity contribution in [1.29, 1.82) is 0 Å². The lowest BCUT2D eigenvalue weighted by Crippen LogP contribution is -2.46. The summed E-state index contributed by atoms with van der Waals surface area (Å²) in [5, 5.41) is 0. The van der Waals surface area contributed by atoms with E-state index < -0.39 is 0 Å². The minimum atomic E-state index is 0.0370. The van der Waals surface area contributed by atoms with Crippen molar-refractivity contribution >= 4 is 5.78 Å². The third kappa shape index (κ3) is 6.33. The van der Waals surface area contributed by atoms with E-state index in [1.807, 2.05) is 62.4 Å². The maximum atomic E-state index is 13.4. The number of carbonyl (C=O) groups is 1. The van der Waals surface area contributed by atoms with E-state index in [0.29, 0.717) is 13.0 Å². The average molecular weight is 445 g/mol. The Kier molecular flexibility index (Phi) is 8.46. The highest BCUT2D eigenvalue weighted by molar-refractivity contribution is 5.97. The summed E-state index contributed by atoms with van der Waals surface area (Å²) in [7, 11) is 2.26. The van der Waals surface area contributed by atoms with E-state index in [1.54, 1.807) is 0 Å². The first-order chi connectivity index (χ1) is 15.9. The Morgan fingerprint density at radius 1 is 0.848 bits per heavy atom. The first-order valence-electron chi connectivity index (χ1n) is 12.1. The van der Waals surface area contributed by atoms with Crippen molar-refractivity contribution in [3.05, 3.63) is 101 Å². The van der Waals surface area contributed by atoms with Gasteiger partial charge in [0.15, 0.2) is 5.78 Å². The lowest BCUT2D eigenvalue weighted by molar-refractivity contribution is -0.906. The molecule has 0 radical (unpaired) electrons. The number of Topliss-reactive ketones (excluding diaryl/α,β-unsaturated/α-hetero) is 1. The van der Waals surface area contributed by atoms with Crippen LogP contribution in [0.5, 0.6) is 5.75 Å². The number of carbonyl (C=O) groups excluding carboxylic acids is 1. The van der Waals surface area contributed by atoms with Crippen LogP contribution in [0.15, 0.2) is 72.8 Å². The van der Waals surface area contributed by atoms with Gasteiger partial charge in [0, 0.05) is 17.9 Å². The van der Waals surface area contributed by atoms with Crippen LogP contribution in [0, 0.1) is 13.8 Å². The van der Waals surface area contributed by atoms with Crippen molar-refractivity contribution in [2.75, 3.05) is 33.3 Å². The zero-order valence-electron chi connectivity index (χ0n) is 20.8. The van der Waals surface area contributed by atoms with Crippen molar-refractivity contribution in [2.24, 2.45) is 0 Å². The van der Waals surface area contributed by atoms with Crippen molar-refractivity contribution in [2.45, 2.75) is 40.0 Å². The molecule has 0 atom stereocenters. The van der Waals surface area contributed by atoms with Gasteiger partial charge in [0.25, 0.3) is 0 Å². The molecule has 3 heteroatoms. The van der Waals surface area contributed by atoms with E-state index in [4.69, 9.17) is 4.74 Å². The Labute approximate surface area is 199 Å². The van der Waals surface area contributed by atoms with Crippen LogP contribution in [0.3, 0.4) is 0 Å². The van der Waals surface area contributed by atoms with Crippen LogP contribution in [0.4, 0.5) is 0 Å². The van der Waals surface area contributed by atoms with Gasteiger partial charge in [0.2, 0.25) is 0 Å². The van der Waals surface area contributed by atoms with Crippen LogP contribution in [-0.2, 0) is 0 Å². The SMILES string of the molecule is CC[N+](C)(CC)CCOc1c(C)cc(C(=O)CC(c2ccccc2)c2ccccc2)cc1C. The minimum Gasteiger partial charge on any atom is -0.487 e. The quantitative estimate of drug-likeness (QED) is 0.247. The first kappa shape index (κ1) is 24.7. The highest BCUT2D eigenvalue weighted by Crippen LogP contribution is 2.31. The molecule has 0 bridgehead atoms. The fourth-order valence-electron chi connectivity index (χ4n) is 4.35. The van der Waals surface area contributed by atoms with Crippen LogP contribution in [0.1, 0.15) is 58.8 Å². The van der Waals surface area contributed by atoms with E-state index in [1.165, 1.54) is 11.1 Å². The molecule has 0 spiro atoms. The summed E-state index contributed by atoms with van der Waals surface area (Å²) in [6.45, 7) is 12.4. The number of aryl methyl sites for hydroxylation is 2. The number of hydrogen-bond donors (Lipinski definition) is 0. The molecule has 0 N–H and O–H groups in total. The molecule has 0 aliphatic carbocycles. The molecule has 3 aromatic carbocycles. The van der Waals surface area contributed by atoms with Crippen molar-refractivity contribution in [3.63, 3.8) is 0 Å². The molecule has 0 heterocycles. The fourth-order valence-corrected chi connectivity index (χ4v) is 4.35. The standard InChI is InChI=1S/C30H38NO2/c1-6-31(5,7-2)18-19-33-30-23(3)20-27(21-24(30)4)29(32)22-28(25-14-10-8-11-15-25)26-16-12-9-13-17-26/h8-17,20-21,28H,6-7,18-19,22H2,1-5H3/q+1. The molecule has 0 aromatic heterocycles. The van der Waals surface area contributed by atoms with Gasteiger partial charge in [-0.1, -0.05) is 60.7 Å². The molecule has 3 aromatic rings. The van der Waals surface area contributed by atoms with E-state index in [9.17, 15) is 4.79 Å². The lowest BCUT2D eigenvalue weighted by Gasteiger charge is -2.32. The molecule has 0 aliphatic rings. The molecule has 33 heavy (non-hydrogen) atoms. The average Bonchev–Trinajstić information content (AvgIpc) is 2.84. The maximum Gasteiger partial charge on any atom is 0.163 e. The molecular formula is C30H38NO2+. The second kappa shape index (κ2) is 11.3. The van der Waals surface area contributed by atoms with Crippen molar-refractivity contribution in [3.8, 4) is 5.75 Å². The van der Waals surface area contributed by atoms with E-state index in [0.717, 1.165) is 46.6 Å². The third-order valence-corrected chi connectivity index (χ3v) is 6.98. The third-order valence-electron chi connectivity index (χ3n) is 6.98. The molecule has 3 nitrogen and oxygen atoms in total. The lowest BCUT2D eigenvalue weighted by atomic mass is 9.85. The number of likely N-dealkylation sites (N-methyl/N-ethyl adjacent to an activating group) is 1. The summed E-state index contributed by atoms with van der Waals surface area (Å²) in [5.74, 6) is 1.11. The molecule has 0 aliphatic heterocycles. The maximum absolute atomic E-state index is 13.4. The Morgan fingerprint density at radius 2 is 1.33 bits per heavy atom. The summed E-state index contributed by atoms with van der Waals surface area (Å²) in [6.07, 6.45) is 0.440. The summed E-state index contributed by atoms with van der Waals surface area (Å²) >= 11 is 0. The van der Waals surface area contributed by atoms with Gasteiger partial charge < -0.3 is 9.22 Å². The van der Waals surface area contributed by atoms with Crippen LogP contribution in [-0.4, -0.2) is 43.6 Å². The van der Waals surface area contributed by atoms with Crippen molar-refractivity contribution in [1.82, 2.24) is 0 Å². The largest absolute Gasteiger partial charge is 0.487 e. The summed E-state index contributed by atoms with van der Waals surface area (Å²) < 4.78 is 7.19. The predicted octanol–water partition coefficient (Wildman–Crippen LogP) is 6.57. The Bertz CT molecular complexity index is 977. The van der Waals surface area contributed by atoms with Crippen LogP contribution in [0.25, 0.3) is 0 Å². The van der Waals surface area contributed by atoms with E-state index in [-0.39, 0.29) is 11.7 Å². The molecule has 3 rings (SSSR count). The Hall–Kier alpha value is -2.91. The van der Waals surface area contributed by atoms with Crippen LogP contribution < -0.4 is 4.74 Å². The number of nitrogens with zero attached hydrogens (tertiary/aromatic N) is 1. The van der Waals surface area contributed by atoms with Gasteiger partial charge in [0.05, 0.1) is 20.1 Å². The molecule has 0 fully saturated rings. The van der Waals surface area contributed by atoms with Gasteiger partial charge in [-0.2, -0.15) is 0 Å². The topological polar surface area (TPSA) is 26.3 Å². The molecule has 0 amide bonds. The van der Waals surface area contributed by atoms with Gasteiger partial charge in [0.1, 0.15) is 18.9 Å². The summed E-state index contributed by atoms with van der Waals surface area (Å²) in [5.41, 5.74) is 5.14. The highest BCUT2D eigenvalue weighted by atomic mass is 16.5. The van der Waals surface area contributed by atoms with Crippen LogP contribution >= 0.6 is 0 Å². The normalized spacial score (nSPS) is 11.6. The zero-order valence-corrected chi connectivity index (χ0v) is 20.8. The van der Waals surface area contributed by atoms with Gasteiger partial charge in [-0.05, 0) is 62.1 Å². The Balaban J connectivity index is 1.78. The molecular weight excluding hydrogens is 406 g/mol. The fraction of sp³-hybridized carbons (Fsp3) is 0.367. The summed E-state index contributed by atoms with van der Waals surface area (Å²) in [6, 6.07) is 24.6. The van der Waals surface area contributed by atoms with Gasteiger partial charge >= 0.3 is 0 Å².